The zero-order valence-electron chi connectivity index (χ0n) is 21.7. The van der Waals surface area contributed by atoms with E-state index in [1.807, 2.05) is 13.1 Å². The van der Waals surface area contributed by atoms with Crippen LogP contribution in [0.5, 0.6) is 5.88 Å². The molecule has 0 unspecified atom stereocenters. The quantitative estimate of drug-likeness (QED) is 0.430. The lowest BCUT2D eigenvalue weighted by Crippen LogP contribution is -2.51. The molecule has 0 saturated carbocycles. The number of rotatable bonds is 6. The molecule has 2 aliphatic heterocycles. The smallest absolute Gasteiger partial charge is 0.419 e. The largest absolute Gasteiger partial charge is 0.471 e. The Morgan fingerprint density at radius 1 is 1.13 bits per heavy atom. The summed E-state index contributed by atoms with van der Waals surface area (Å²) in [6, 6.07) is 4.12. The van der Waals surface area contributed by atoms with Gasteiger partial charge in [-0.25, -0.2) is 22.8 Å². The molecule has 1 atom stereocenters. The number of anilines is 1. The number of aromatic nitrogens is 3. The molecule has 210 valence electrons. The molecule has 2 saturated heterocycles. The van der Waals surface area contributed by atoms with Crippen LogP contribution in [0, 0.1) is 12.7 Å². The van der Waals surface area contributed by atoms with Crippen LogP contribution >= 0.6 is 0 Å². The molecule has 0 amide bonds. The average molecular weight is 568 g/mol. The molecule has 2 fully saturated rings. The second kappa shape index (κ2) is 10.2. The van der Waals surface area contributed by atoms with Crippen molar-refractivity contribution in [1.29, 1.82) is 0 Å². The number of pyridine rings is 1. The fraction of sp³-hybridized carbons (Fsp3) is 0.500. The molecular weight excluding hydrogens is 538 g/mol. The Balaban J connectivity index is 1.54. The second-order valence-electron chi connectivity index (χ2n) is 10.3. The molecule has 1 N–H and O–H groups in total. The van der Waals surface area contributed by atoms with Crippen LogP contribution in [0.15, 0.2) is 24.3 Å². The predicted molar refractivity (Wildman–Crippen MR) is 138 cm³/mol. The van der Waals surface area contributed by atoms with Gasteiger partial charge < -0.3 is 10.1 Å². The fourth-order valence-corrected chi connectivity index (χ4v) is 6.61. The third-order valence-electron chi connectivity index (χ3n) is 7.25. The van der Waals surface area contributed by atoms with Gasteiger partial charge in [0.2, 0.25) is 5.88 Å². The second-order valence-corrected chi connectivity index (χ2v) is 12.6. The van der Waals surface area contributed by atoms with Gasteiger partial charge in [-0.2, -0.15) is 18.2 Å². The van der Waals surface area contributed by atoms with Gasteiger partial charge in [-0.3, -0.25) is 4.90 Å². The number of fused-ring (bicyclic) bond motifs is 1. The first kappa shape index (κ1) is 27.5. The van der Waals surface area contributed by atoms with Gasteiger partial charge in [0.05, 0.1) is 28.5 Å². The van der Waals surface area contributed by atoms with E-state index in [0.29, 0.717) is 41.6 Å². The summed E-state index contributed by atoms with van der Waals surface area (Å²) in [5.41, 5.74) is -0.442. The van der Waals surface area contributed by atoms with Gasteiger partial charge in [0.25, 0.3) is 0 Å². The molecule has 13 heteroatoms. The van der Waals surface area contributed by atoms with Crippen molar-refractivity contribution in [3.05, 3.63) is 52.6 Å². The molecule has 3 aromatic rings. The Labute approximate surface area is 223 Å². The zero-order chi connectivity index (χ0) is 28.1. The first-order chi connectivity index (χ1) is 18.3. The molecule has 8 nitrogen and oxygen atoms in total. The zero-order valence-corrected chi connectivity index (χ0v) is 22.5. The van der Waals surface area contributed by atoms with Crippen molar-refractivity contribution in [1.82, 2.24) is 19.9 Å². The number of sulfone groups is 1. The van der Waals surface area contributed by atoms with Crippen molar-refractivity contribution in [3.63, 3.8) is 0 Å². The van der Waals surface area contributed by atoms with E-state index in [2.05, 4.69) is 20.2 Å². The van der Waals surface area contributed by atoms with E-state index in [1.165, 1.54) is 12.1 Å². The molecule has 2 aromatic heterocycles. The lowest BCUT2D eigenvalue weighted by atomic mass is 9.93. The van der Waals surface area contributed by atoms with Crippen molar-refractivity contribution >= 4 is 26.7 Å². The molecule has 39 heavy (non-hydrogen) atoms. The maximum Gasteiger partial charge on any atom is 0.419 e. The third kappa shape index (κ3) is 5.79. The van der Waals surface area contributed by atoms with Crippen molar-refractivity contribution in [2.24, 2.45) is 0 Å². The Bertz CT molecular complexity index is 1500. The number of nitrogens with one attached hydrogen (secondary N) is 1. The van der Waals surface area contributed by atoms with E-state index >= 15 is 0 Å². The lowest BCUT2D eigenvalue weighted by Gasteiger charge is -2.36. The number of alkyl halides is 3. The van der Waals surface area contributed by atoms with Crippen LogP contribution in [0.3, 0.4) is 0 Å². The summed E-state index contributed by atoms with van der Waals surface area (Å²) in [6.45, 7) is 4.66. The predicted octanol–water partition coefficient (Wildman–Crippen LogP) is 4.65. The van der Waals surface area contributed by atoms with Crippen LogP contribution in [0.25, 0.3) is 11.0 Å². The van der Waals surface area contributed by atoms with Gasteiger partial charge in [-0.1, -0.05) is 12.1 Å². The molecule has 0 bridgehead atoms. The number of halogens is 4. The molecule has 0 aliphatic carbocycles. The first-order valence-corrected chi connectivity index (χ1v) is 14.5. The number of hydrogen-bond acceptors (Lipinski definition) is 8. The van der Waals surface area contributed by atoms with Gasteiger partial charge >= 0.3 is 6.18 Å². The topological polar surface area (TPSA) is 97.3 Å². The van der Waals surface area contributed by atoms with E-state index in [9.17, 15) is 26.0 Å². The van der Waals surface area contributed by atoms with Crippen LogP contribution in [-0.4, -0.2) is 66.0 Å². The number of aryl methyl sites for hydroxylation is 1. The fourth-order valence-electron chi connectivity index (χ4n) is 5.12. The minimum atomic E-state index is -4.82. The van der Waals surface area contributed by atoms with Crippen LogP contribution in [0.4, 0.5) is 23.4 Å². The molecule has 2 aliphatic rings. The van der Waals surface area contributed by atoms with Crippen LogP contribution in [-0.2, 0) is 16.0 Å². The molecule has 1 aromatic carbocycles. The first-order valence-electron chi connectivity index (χ1n) is 12.7. The van der Waals surface area contributed by atoms with Crippen molar-refractivity contribution in [2.45, 2.75) is 50.9 Å². The number of ether oxygens (including phenoxy) is 1. The highest BCUT2D eigenvalue weighted by molar-refractivity contribution is 7.91. The van der Waals surface area contributed by atoms with Crippen molar-refractivity contribution < 1.29 is 30.7 Å². The number of hydrogen-bond donors (Lipinski definition) is 1. The summed E-state index contributed by atoms with van der Waals surface area (Å²) in [7, 11) is -1.13. The summed E-state index contributed by atoms with van der Waals surface area (Å²) in [4.78, 5) is 15.7. The summed E-state index contributed by atoms with van der Waals surface area (Å²) >= 11 is 0. The van der Waals surface area contributed by atoms with Gasteiger partial charge in [0.1, 0.15) is 33.4 Å². The SMILES string of the molecule is Cc1nc(N[C@H](C)c2cccc(C(F)(F)F)c2F)c2cc(C3CCS(=O)(=O)CC3)c(OC3CN(C)C3)nc2n1. The Hall–Kier alpha value is -3.06. The molecule has 5 rings (SSSR count). The molecular formula is C26H29F4N5O3S. The highest BCUT2D eigenvalue weighted by Gasteiger charge is 2.36. The summed E-state index contributed by atoms with van der Waals surface area (Å²) in [5, 5.41) is 3.54. The van der Waals surface area contributed by atoms with E-state index in [-0.39, 0.29) is 34.9 Å². The third-order valence-corrected chi connectivity index (χ3v) is 8.96. The van der Waals surface area contributed by atoms with E-state index < -0.39 is 33.4 Å². The standard InChI is InChI=1S/C26H29F4N5O3S/c1-14(18-5-4-6-21(22(18)27)26(28,29)30)31-23-20-11-19(16-7-9-39(36,37)10-8-16)25(38-17-12-35(3)13-17)34-24(20)33-15(2)32-23/h4-6,11,14,16-17H,7-10,12-13H2,1-3H3,(H,31,32,33,34)/t14-/m1/s1. The minimum Gasteiger partial charge on any atom is -0.471 e. The Kier molecular flexibility index (Phi) is 7.17. The van der Waals surface area contributed by atoms with Gasteiger partial charge in [-0.15, -0.1) is 0 Å². The minimum absolute atomic E-state index is 0.0582. The van der Waals surface area contributed by atoms with Crippen LogP contribution in [0.1, 0.15) is 54.2 Å². The van der Waals surface area contributed by atoms with E-state index in [0.717, 1.165) is 18.7 Å². The average Bonchev–Trinajstić information content (AvgIpc) is 2.82. The monoisotopic (exact) mass is 567 g/mol. The van der Waals surface area contributed by atoms with Gasteiger partial charge in [0, 0.05) is 24.2 Å². The van der Waals surface area contributed by atoms with Crippen LogP contribution < -0.4 is 10.1 Å². The number of likely N-dealkylation sites (tertiary alicyclic amines) is 1. The maximum absolute atomic E-state index is 14.9. The van der Waals surface area contributed by atoms with Crippen LogP contribution in [0.2, 0.25) is 0 Å². The normalized spacial score (nSPS) is 19.6. The van der Waals surface area contributed by atoms with Crippen molar-refractivity contribution in [2.75, 3.05) is 37.0 Å². The maximum atomic E-state index is 14.9. The lowest BCUT2D eigenvalue weighted by molar-refractivity contribution is -0.140. The number of likely N-dealkylation sites (N-methyl/N-ethyl adjacent to an activating group) is 1. The molecule has 4 heterocycles. The van der Waals surface area contributed by atoms with Crippen molar-refractivity contribution in [3.8, 4) is 5.88 Å². The highest BCUT2D eigenvalue weighted by Crippen LogP contribution is 2.39. The van der Waals surface area contributed by atoms with E-state index in [4.69, 9.17) is 9.72 Å². The molecule has 0 spiro atoms. The summed E-state index contributed by atoms with van der Waals surface area (Å²) < 4.78 is 85.1. The summed E-state index contributed by atoms with van der Waals surface area (Å²) in [5.74, 6) is -0.306. The summed E-state index contributed by atoms with van der Waals surface area (Å²) in [6.07, 6.45) is -4.05. The van der Waals surface area contributed by atoms with Gasteiger partial charge in [-0.05, 0) is 51.8 Å². The van der Waals surface area contributed by atoms with Gasteiger partial charge in [0.15, 0.2) is 5.65 Å². The Morgan fingerprint density at radius 3 is 2.46 bits per heavy atom. The van der Waals surface area contributed by atoms with E-state index in [1.54, 1.807) is 13.8 Å². The number of nitrogens with zero attached hydrogens (tertiary/aromatic N) is 4. The Morgan fingerprint density at radius 2 is 1.82 bits per heavy atom. The highest BCUT2D eigenvalue weighted by atomic mass is 32.2. The molecule has 0 radical (unpaired) electrons. The number of benzene rings is 1.